The van der Waals surface area contributed by atoms with Crippen molar-refractivity contribution in [3.05, 3.63) is 59.2 Å². The van der Waals surface area contributed by atoms with Gasteiger partial charge in [-0.15, -0.1) is 0 Å². The highest BCUT2D eigenvalue weighted by Crippen LogP contribution is 2.58. The summed E-state index contributed by atoms with van der Waals surface area (Å²) >= 11 is 0. The summed E-state index contributed by atoms with van der Waals surface area (Å²) in [5.74, 6) is 0.179. The van der Waals surface area contributed by atoms with Gasteiger partial charge in [0, 0.05) is 11.8 Å². The Kier molecular flexibility index (Phi) is 3.06. The van der Waals surface area contributed by atoms with Crippen molar-refractivity contribution in [1.82, 2.24) is 4.90 Å². The molecule has 0 spiro atoms. The van der Waals surface area contributed by atoms with Crippen molar-refractivity contribution in [1.29, 1.82) is 0 Å². The molecule has 5 rings (SSSR count). The maximum absolute atomic E-state index is 13.0. The first-order valence-electron chi connectivity index (χ1n) is 9.05. The fourth-order valence-electron chi connectivity index (χ4n) is 5.31. The van der Waals surface area contributed by atoms with Crippen LogP contribution in [-0.2, 0) is 16.1 Å². The minimum atomic E-state index is -0.140. The molecule has 2 bridgehead atoms. The second-order valence-corrected chi connectivity index (χ2v) is 7.50. The van der Waals surface area contributed by atoms with Crippen molar-refractivity contribution in [2.45, 2.75) is 32.2 Å². The van der Waals surface area contributed by atoms with E-state index in [1.54, 1.807) is 5.57 Å². The van der Waals surface area contributed by atoms with Crippen LogP contribution in [0.3, 0.4) is 0 Å². The molecule has 1 aliphatic heterocycles. The first-order valence-corrected chi connectivity index (χ1v) is 9.05. The molecule has 24 heavy (non-hydrogen) atoms. The predicted molar refractivity (Wildman–Crippen MR) is 90.6 cm³/mol. The number of rotatable bonds is 2. The molecule has 1 saturated heterocycles. The average molecular weight is 319 g/mol. The summed E-state index contributed by atoms with van der Waals surface area (Å²) in [5.41, 5.74) is 4.00. The Bertz CT molecular complexity index is 734. The monoisotopic (exact) mass is 319 g/mol. The van der Waals surface area contributed by atoms with Crippen LogP contribution < -0.4 is 0 Å². The van der Waals surface area contributed by atoms with E-state index in [9.17, 15) is 9.59 Å². The fourth-order valence-corrected chi connectivity index (χ4v) is 5.31. The zero-order valence-corrected chi connectivity index (χ0v) is 13.7. The quantitative estimate of drug-likeness (QED) is 0.618. The van der Waals surface area contributed by atoms with Gasteiger partial charge in [0.05, 0.1) is 18.4 Å². The van der Waals surface area contributed by atoms with Gasteiger partial charge in [-0.25, -0.2) is 0 Å². The summed E-state index contributed by atoms with van der Waals surface area (Å²) in [7, 11) is 0. The number of allylic oxidation sites excluding steroid dienone is 4. The van der Waals surface area contributed by atoms with E-state index in [2.05, 4.69) is 12.2 Å². The Morgan fingerprint density at radius 1 is 0.875 bits per heavy atom. The lowest BCUT2D eigenvalue weighted by atomic mass is 9.85. The number of fused-ring (bicyclic) bond motifs is 5. The largest absolute Gasteiger partial charge is 0.278 e. The van der Waals surface area contributed by atoms with Crippen molar-refractivity contribution in [2.75, 3.05) is 0 Å². The van der Waals surface area contributed by atoms with E-state index < -0.39 is 0 Å². The lowest BCUT2D eigenvalue weighted by Gasteiger charge is -2.19. The van der Waals surface area contributed by atoms with Crippen LogP contribution >= 0.6 is 0 Å². The minimum Gasteiger partial charge on any atom is -0.278 e. The van der Waals surface area contributed by atoms with Crippen LogP contribution in [0.2, 0.25) is 0 Å². The number of nitrogens with zero attached hydrogens (tertiary/aromatic N) is 1. The first kappa shape index (κ1) is 14.2. The SMILES string of the molecule is O=C1[C@@H]2[C@@H](C(=O)N1Cc1ccccc1)[C@H]1C=C[C@H]2C1=C1CCCC1. The van der Waals surface area contributed by atoms with Crippen LogP contribution in [0.4, 0.5) is 0 Å². The van der Waals surface area contributed by atoms with Gasteiger partial charge in [-0.1, -0.05) is 53.6 Å². The Balaban J connectivity index is 1.47. The number of imide groups is 1. The van der Waals surface area contributed by atoms with Crippen molar-refractivity contribution in [3.63, 3.8) is 0 Å². The van der Waals surface area contributed by atoms with Crippen LogP contribution in [0.5, 0.6) is 0 Å². The van der Waals surface area contributed by atoms with Crippen LogP contribution in [0.25, 0.3) is 0 Å². The maximum Gasteiger partial charge on any atom is 0.234 e. The van der Waals surface area contributed by atoms with Crippen LogP contribution in [0.1, 0.15) is 31.2 Å². The molecule has 0 radical (unpaired) electrons. The zero-order valence-electron chi connectivity index (χ0n) is 13.7. The third kappa shape index (κ3) is 1.84. The molecule has 2 saturated carbocycles. The summed E-state index contributed by atoms with van der Waals surface area (Å²) in [5, 5.41) is 0. The average Bonchev–Trinajstić information content (AvgIpc) is 3.35. The minimum absolute atomic E-state index is 0.0433. The number of carbonyl (C=O) groups excluding carboxylic acids is 2. The van der Waals surface area contributed by atoms with Crippen LogP contribution in [0, 0.1) is 23.7 Å². The van der Waals surface area contributed by atoms with Gasteiger partial charge >= 0.3 is 0 Å². The number of hydrogen-bond donors (Lipinski definition) is 0. The third-order valence-electron chi connectivity index (χ3n) is 6.31. The fraction of sp³-hybridized carbons (Fsp3) is 0.429. The molecule has 2 amide bonds. The van der Waals surface area contributed by atoms with Gasteiger partial charge in [-0.05, 0) is 31.2 Å². The van der Waals surface area contributed by atoms with Crippen molar-refractivity contribution >= 4 is 11.8 Å². The summed E-state index contributed by atoms with van der Waals surface area (Å²) < 4.78 is 0. The highest BCUT2D eigenvalue weighted by atomic mass is 16.2. The molecular formula is C21H21NO2. The molecule has 0 aromatic heterocycles. The Morgan fingerprint density at radius 2 is 1.46 bits per heavy atom. The molecule has 3 heteroatoms. The third-order valence-corrected chi connectivity index (χ3v) is 6.31. The highest BCUT2D eigenvalue weighted by molar-refractivity contribution is 6.07. The van der Waals surface area contributed by atoms with E-state index >= 15 is 0 Å². The molecule has 3 fully saturated rings. The summed E-state index contributed by atoms with van der Waals surface area (Å²) in [6.45, 7) is 0.414. The standard InChI is InChI=1S/C21H21NO2/c23-20-18-15-10-11-16(17(15)14-8-4-5-9-14)19(18)21(24)22(20)12-13-6-2-1-3-7-13/h1-3,6-7,10-11,15-16,18-19H,4-5,8-9,12H2/t15-,16-,18-,19-/m0/s1. The highest BCUT2D eigenvalue weighted by Gasteiger charge is 2.61. The molecule has 0 unspecified atom stereocenters. The predicted octanol–water partition coefficient (Wildman–Crippen LogP) is 3.47. The Morgan fingerprint density at radius 3 is 2.04 bits per heavy atom. The summed E-state index contributed by atoms with van der Waals surface area (Å²) in [4.78, 5) is 27.5. The molecule has 1 aromatic carbocycles. The molecule has 0 N–H and O–H groups in total. The molecule has 1 heterocycles. The molecule has 3 nitrogen and oxygen atoms in total. The molecule has 4 atom stereocenters. The Hall–Kier alpha value is -2.16. The van der Waals surface area contributed by atoms with Gasteiger partial charge in [0.15, 0.2) is 0 Å². The van der Waals surface area contributed by atoms with Gasteiger partial charge in [-0.2, -0.15) is 0 Å². The topological polar surface area (TPSA) is 37.4 Å². The van der Waals surface area contributed by atoms with E-state index in [4.69, 9.17) is 0 Å². The van der Waals surface area contributed by atoms with E-state index in [1.165, 1.54) is 36.2 Å². The smallest absolute Gasteiger partial charge is 0.234 e. The molecular weight excluding hydrogens is 298 g/mol. The van der Waals surface area contributed by atoms with E-state index in [0.717, 1.165) is 5.56 Å². The van der Waals surface area contributed by atoms with Gasteiger partial charge in [0.2, 0.25) is 11.8 Å². The van der Waals surface area contributed by atoms with Crippen molar-refractivity contribution in [2.24, 2.45) is 23.7 Å². The van der Waals surface area contributed by atoms with Gasteiger partial charge < -0.3 is 0 Å². The molecule has 122 valence electrons. The first-order chi connectivity index (χ1) is 11.8. The van der Waals surface area contributed by atoms with Crippen LogP contribution in [0.15, 0.2) is 53.6 Å². The van der Waals surface area contributed by atoms with E-state index in [1.807, 2.05) is 30.3 Å². The van der Waals surface area contributed by atoms with Gasteiger partial charge in [0.1, 0.15) is 0 Å². The second kappa shape index (κ2) is 5.17. The zero-order chi connectivity index (χ0) is 16.3. The second-order valence-electron chi connectivity index (χ2n) is 7.50. The number of carbonyl (C=O) groups is 2. The number of benzene rings is 1. The van der Waals surface area contributed by atoms with Crippen LogP contribution in [-0.4, -0.2) is 16.7 Å². The number of amides is 2. The molecule has 3 aliphatic carbocycles. The van der Waals surface area contributed by atoms with E-state index in [0.29, 0.717) is 6.54 Å². The molecule has 4 aliphatic rings. The van der Waals surface area contributed by atoms with E-state index in [-0.39, 0.29) is 35.5 Å². The van der Waals surface area contributed by atoms with Gasteiger partial charge in [-0.3, -0.25) is 14.5 Å². The lowest BCUT2D eigenvalue weighted by Crippen LogP contribution is -2.32. The lowest BCUT2D eigenvalue weighted by molar-refractivity contribution is -0.141. The number of likely N-dealkylation sites (tertiary alicyclic amines) is 1. The Labute approximate surface area is 142 Å². The van der Waals surface area contributed by atoms with Crippen molar-refractivity contribution < 1.29 is 9.59 Å². The normalized spacial score (nSPS) is 33.9. The van der Waals surface area contributed by atoms with Gasteiger partial charge in [0.25, 0.3) is 0 Å². The summed E-state index contributed by atoms with van der Waals surface area (Å²) in [6, 6.07) is 9.82. The van der Waals surface area contributed by atoms with Crippen molar-refractivity contribution in [3.8, 4) is 0 Å². The number of hydrogen-bond acceptors (Lipinski definition) is 2. The summed E-state index contributed by atoms with van der Waals surface area (Å²) in [6.07, 6.45) is 9.25. The maximum atomic E-state index is 13.0. The molecule has 1 aromatic rings.